The predicted molar refractivity (Wildman–Crippen MR) is 156 cm³/mol. The van der Waals surface area contributed by atoms with Gasteiger partial charge in [-0.3, -0.25) is 10.00 Å². The molecule has 6 aromatic rings. The summed E-state index contributed by atoms with van der Waals surface area (Å²) in [5, 5.41) is 12.9. The zero-order chi connectivity index (χ0) is 25.5. The van der Waals surface area contributed by atoms with Crippen LogP contribution >= 0.6 is 11.3 Å². The van der Waals surface area contributed by atoms with E-state index in [2.05, 4.69) is 86.3 Å². The molecule has 1 fully saturated rings. The molecule has 0 amide bonds. The molecule has 1 aliphatic heterocycles. The van der Waals surface area contributed by atoms with Gasteiger partial charge in [-0.25, -0.2) is 9.97 Å². The first-order valence-electron chi connectivity index (χ1n) is 13.5. The van der Waals surface area contributed by atoms with Crippen LogP contribution in [0.4, 0.5) is 0 Å². The Labute approximate surface area is 225 Å². The van der Waals surface area contributed by atoms with Crippen LogP contribution < -0.4 is 0 Å². The summed E-state index contributed by atoms with van der Waals surface area (Å²) >= 11 is 1.70. The standard InChI is InChI=1S/C31H30N6S/c1-2-20-13-21(18-37-10-4-3-5-11-37)15-23(14-20)24-16-26-29(35-36-30(26)32-17-24)31-33-27-8-6-7-25(28(27)34-31)22-9-12-38-19-22/h6-9,12-17,19H,2-5,10-11,18H2,1H3,(H,33,34)(H,32,35,36). The summed E-state index contributed by atoms with van der Waals surface area (Å²) in [7, 11) is 0. The summed E-state index contributed by atoms with van der Waals surface area (Å²) in [5.74, 6) is 0.775. The molecule has 1 aliphatic rings. The van der Waals surface area contributed by atoms with Crippen LogP contribution in [-0.2, 0) is 13.0 Å². The molecule has 0 bridgehead atoms. The number of rotatable bonds is 6. The second kappa shape index (κ2) is 9.82. The molecular formula is C31H30N6S. The van der Waals surface area contributed by atoms with Crippen LogP contribution in [0.25, 0.3) is 55.8 Å². The largest absolute Gasteiger partial charge is 0.337 e. The van der Waals surface area contributed by atoms with Gasteiger partial charge in [0.1, 0.15) is 5.69 Å². The van der Waals surface area contributed by atoms with E-state index in [1.54, 1.807) is 11.3 Å². The summed E-state index contributed by atoms with van der Waals surface area (Å²) < 4.78 is 0. The van der Waals surface area contributed by atoms with Crippen molar-refractivity contribution in [3.8, 4) is 33.8 Å². The molecule has 0 spiro atoms. The molecule has 190 valence electrons. The predicted octanol–water partition coefficient (Wildman–Crippen LogP) is 7.45. The Bertz CT molecular complexity index is 1720. The molecule has 7 rings (SSSR count). The van der Waals surface area contributed by atoms with Crippen LogP contribution in [-0.4, -0.2) is 43.1 Å². The van der Waals surface area contributed by atoms with Gasteiger partial charge < -0.3 is 4.98 Å². The van der Waals surface area contributed by atoms with E-state index >= 15 is 0 Å². The van der Waals surface area contributed by atoms with Crippen LogP contribution in [0.15, 0.2) is 65.5 Å². The lowest BCUT2D eigenvalue weighted by Crippen LogP contribution is -2.29. The minimum atomic E-state index is 0.697. The molecule has 0 radical (unpaired) electrons. The molecule has 0 aliphatic carbocycles. The summed E-state index contributed by atoms with van der Waals surface area (Å²) in [6.07, 6.45) is 6.93. The van der Waals surface area contributed by atoms with Crippen LogP contribution in [0.3, 0.4) is 0 Å². The minimum absolute atomic E-state index is 0.697. The van der Waals surface area contributed by atoms with Gasteiger partial charge in [-0.05, 0) is 89.6 Å². The van der Waals surface area contributed by atoms with Crippen molar-refractivity contribution in [2.24, 2.45) is 0 Å². The normalized spacial score (nSPS) is 14.6. The van der Waals surface area contributed by atoms with E-state index in [-0.39, 0.29) is 0 Å². The zero-order valence-corrected chi connectivity index (χ0v) is 22.3. The maximum Gasteiger partial charge on any atom is 0.181 e. The van der Waals surface area contributed by atoms with Gasteiger partial charge in [-0.1, -0.05) is 37.6 Å². The van der Waals surface area contributed by atoms with E-state index in [4.69, 9.17) is 9.97 Å². The molecule has 1 saturated heterocycles. The molecule has 2 N–H and O–H groups in total. The number of hydrogen-bond acceptors (Lipinski definition) is 5. The number of para-hydroxylation sites is 1. The number of piperidine rings is 1. The van der Waals surface area contributed by atoms with Crippen molar-refractivity contribution in [1.29, 1.82) is 0 Å². The zero-order valence-electron chi connectivity index (χ0n) is 21.5. The maximum atomic E-state index is 5.01. The molecule has 6 nitrogen and oxygen atoms in total. The summed E-state index contributed by atoms with van der Waals surface area (Å²) in [6.45, 7) is 5.64. The molecule has 4 aromatic heterocycles. The molecular weight excluding hydrogens is 488 g/mol. The van der Waals surface area contributed by atoms with Gasteiger partial charge in [0.05, 0.1) is 16.4 Å². The van der Waals surface area contributed by atoms with E-state index < -0.39 is 0 Å². The summed E-state index contributed by atoms with van der Waals surface area (Å²) in [5.41, 5.74) is 10.9. The third-order valence-corrected chi connectivity index (χ3v) is 8.32. The second-order valence-electron chi connectivity index (χ2n) is 10.2. The van der Waals surface area contributed by atoms with Gasteiger partial charge in [0.15, 0.2) is 11.5 Å². The number of fused-ring (bicyclic) bond motifs is 2. The number of imidazole rings is 1. The highest BCUT2D eigenvalue weighted by atomic mass is 32.1. The number of aryl methyl sites for hydroxylation is 1. The number of aromatic nitrogens is 5. The van der Waals surface area contributed by atoms with Crippen molar-refractivity contribution < 1.29 is 0 Å². The fourth-order valence-electron chi connectivity index (χ4n) is 5.64. The number of nitrogens with one attached hydrogen (secondary N) is 2. The van der Waals surface area contributed by atoms with Crippen LogP contribution in [0.2, 0.25) is 0 Å². The molecule has 5 heterocycles. The van der Waals surface area contributed by atoms with Crippen molar-refractivity contribution in [2.75, 3.05) is 13.1 Å². The third kappa shape index (κ3) is 4.31. The Balaban J connectivity index is 1.28. The van der Waals surface area contributed by atoms with E-state index in [0.717, 1.165) is 52.0 Å². The molecule has 0 unspecified atom stereocenters. The average Bonchev–Trinajstić information content (AvgIpc) is 3.72. The van der Waals surface area contributed by atoms with E-state index in [1.165, 1.54) is 54.6 Å². The Morgan fingerprint density at radius 1 is 0.947 bits per heavy atom. The van der Waals surface area contributed by atoms with Crippen molar-refractivity contribution in [3.05, 3.63) is 76.6 Å². The molecule has 0 atom stereocenters. The van der Waals surface area contributed by atoms with Crippen LogP contribution in [0.1, 0.15) is 37.3 Å². The fraction of sp³-hybridized carbons (Fsp3) is 0.258. The van der Waals surface area contributed by atoms with Crippen molar-refractivity contribution in [1.82, 2.24) is 30.0 Å². The van der Waals surface area contributed by atoms with Gasteiger partial charge in [-0.15, -0.1) is 0 Å². The fourth-order valence-corrected chi connectivity index (χ4v) is 6.30. The second-order valence-corrected chi connectivity index (χ2v) is 11.0. The number of benzene rings is 2. The lowest BCUT2D eigenvalue weighted by molar-refractivity contribution is 0.221. The van der Waals surface area contributed by atoms with Crippen molar-refractivity contribution in [3.63, 3.8) is 0 Å². The lowest BCUT2D eigenvalue weighted by atomic mass is 9.98. The number of hydrogen-bond donors (Lipinski definition) is 2. The topological polar surface area (TPSA) is 73.5 Å². The number of likely N-dealkylation sites (tertiary alicyclic amines) is 1. The Morgan fingerprint density at radius 2 is 1.84 bits per heavy atom. The van der Waals surface area contributed by atoms with Gasteiger partial charge in [0.25, 0.3) is 0 Å². The number of pyridine rings is 1. The van der Waals surface area contributed by atoms with Crippen LogP contribution in [0, 0.1) is 0 Å². The highest BCUT2D eigenvalue weighted by Gasteiger charge is 2.17. The number of aromatic amines is 2. The molecule has 38 heavy (non-hydrogen) atoms. The molecule has 0 saturated carbocycles. The monoisotopic (exact) mass is 518 g/mol. The van der Waals surface area contributed by atoms with Crippen molar-refractivity contribution >= 4 is 33.4 Å². The van der Waals surface area contributed by atoms with Gasteiger partial charge >= 0.3 is 0 Å². The van der Waals surface area contributed by atoms with Crippen molar-refractivity contribution in [2.45, 2.75) is 39.2 Å². The smallest absolute Gasteiger partial charge is 0.181 e. The van der Waals surface area contributed by atoms with Gasteiger partial charge in [0.2, 0.25) is 0 Å². The first-order chi connectivity index (χ1) is 18.7. The quantitative estimate of drug-likeness (QED) is 0.240. The Kier molecular flexibility index (Phi) is 6.02. The lowest BCUT2D eigenvalue weighted by Gasteiger charge is -2.26. The number of nitrogens with zero attached hydrogens (tertiary/aromatic N) is 4. The highest BCUT2D eigenvalue weighted by Crippen LogP contribution is 2.33. The summed E-state index contributed by atoms with van der Waals surface area (Å²) in [4.78, 5) is 15.8. The summed E-state index contributed by atoms with van der Waals surface area (Å²) in [6, 6.07) is 17.6. The third-order valence-electron chi connectivity index (χ3n) is 7.64. The van der Waals surface area contributed by atoms with E-state index in [1.807, 2.05) is 6.20 Å². The number of H-pyrrole nitrogens is 2. The van der Waals surface area contributed by atoms with E-state index in [9.17, 15) is 0 Å². The van der Waals surface area contributed by atoms with Crippen LogP contribution in [0.5, 0.6) is 0 Å². The Morgan fingerprint density at radius 3 is 2.68 bits per heavy atom. The highest BCUT2D eigenvalue weighted by molar-refractivity contribution is 7.08. The number of thiophene rings is 1. The Hall–Kier alpha value is -3.81. The van der Waals surface area contributed by atoms with Gasteiger partial charge in [-0.2, -0.15) is 16.4 Å². The molecule has 2 aromatic carbocycles. The first kappa shape index (κ1) is 23.3. The molecule has 7 heteroatoms. The SMILES string of the molecule is CCc1cc(CN2CCCCC2)cc(-c2cnc3n[nH]c(-c4nc5c(-c6ccsc6)cccc5[nH]4)c3c2)c1. The minimum Gasteiger partial charge on any atom is -0.337 e. The average molecular weight is 519 g/mol. The van der Waals surface area contributed by atoms with E-state index in [0.29, 0.717) is 5.65 Å². The first-order valence-corrected chi connectivity index (χ1v) is 14.4. The van der Waals surface area contributed by atoms with Gasteiger partial charge in [0, 0.05) is 23.9 Å². The maximum absolute atomic E-state index is 5.01.